The number of aromatic carboxylic acids is 1. The van der Waals surface area contributed by atoms with Gasteiger partial charge in [0.25, 0.3) is 5.91 Å². The topological polar surface area (TPSA) is 99.6 Å². The van der Waals surface area contributed by atoms with E-state index in [-0.39, 0.29) is 21.7 Å². The summed E-state index contributed by atoms with van der Waals surface area (Å²) in [6, 6.07) is 0. The van der Waals surface area contributed by atoms with E-state index < -0.39 is 23.3 Å². The second kappa shape index (κ2) is 4.46. The molecule has 0 aromatic carbocycles. The fourth-order valence-electron chi connectivity index (χ4n) is 1.63. The van der Waals surface area contributed by atoms with Gasteiger partial charge >= 0.3 is 5.97 Å². The van der Waals surface area contributed by atoms with Crippen LogP contribution in [0.2, 0.25) is 5.15 Å². The van der Waals surface area contributed by atoms with E-state index in [1.807, 2.05) is 0 Å². The smallest absolute Gasteiger partial charge is 0.349 e. The molecule has 102 valence electrons. The predicted octanol–water partition coefficient (Wildman–Crippen LogP) is 0.736. The van der Waals surface area contributed by atoms with Crippen LogP contribution in [-0.4, -0.2) is 40.0 Å². The molecule has 1 fully saturated rings. The molecule has 2 N–H and O–H groups in total. The second-order valence-corrected chi connectivity index (χ2v) is 5.78. The Kier molecular flexibility index (Phi) is 3.23. The third kappa shape index (κ3) is 2.28. The van der Waals surface area contributed by atoms with Gasteiger partial charge in [-0.05, 0) is 13.8 Å². The van der Waals surface area contributed by atoms with Crippen molar-refractivity contribution in [2.45, 2.75) is 19.4 Å². The average molecular weight is 304 g/mol. The lowest BCUT2D eigenvalue weighted by molar-refractivity contribution is -0.135. The molecular formula is C10H10ClN3O4S. The van der Waals surface area contributed by atoms with Gasteiger partial charge in [-0.1, -0.05) is 22.9 Å². The third-order valence-electron chi connectivity index (χ3n) is 2.78. The van der Waals surface area contributed by atoms with E-state index in [0.717, 1.165) is 11.3 Å². The summed E-state index contributed by atoms with van der Waals surface area (Å²) >= 11 is 6.56. The van der Waals surface area contributed by atoms with Gasteiger partial charge in [0.05, 0.1) is 0 Å². The monoisotopic (exact) mass is 303 g/mol. The Balaban J connectivity index is 2.44. The van der Waals surface area contributed by atoms with E-state index in [0.29, 0.717) is 0 Å². The molecule has 0 aliphatic carbocycles. The highest BCUT2D eigenvalue weighted by Gasteiger charge is 2.42. The maximum absolute atomic E-state index is 11.8. The number of imide groups is 1. The van der Waals surface area contributed by atoms with Crippen molar-refractivity contribution in [2.24, 2.45) is 0 Å². The first-order valence-corrected chi connectivity index (χ1v) is 6.44. The van der Waals surface area contributed by atoms with E-state index >= 15 is 0 Å². The summed E-state index contributed by atoms with van der Waals surface area (Å²) in [6.45, 7) is 3.15. The number of piperazine rings is 1. The molecule has 0 bridgehead atoms. The predicted molar refractivity (Wildman–Crippen MR) is 68.7 cm³/mol. The van der Waals surface area contributed by atoms with Crippen LogP contribution in [0.5, 0.6) is 0 Å². The van der Waals surface area contributed by atoms with Gasteiger partial charge in [0.2, 0.25) is 5.91 Å². The summed E-state index contributed by atoms with van der Waals surface area (Å²) < 4.78 is 0. The Labute approximate surface area is 117 Å². The average Bonchev–Trinajstić information content (AvgIpc) is 2.66. The largest absolute Gasteiger partial charge is 0.477 e. The molecular weight excluding hydrogens is 294 g/mol. The minimum absolute atomic E-state index is 0.0817. The van der Waals surface area contributed by atoms with Gasteiger partial charge in [-0.3, -0.25) is 14.9 Å². The fourth-order valence-corrected chi connectivity index (χ4v) is 2.89. The molecule has 9 heteroatoms. The molecule has 2 rings (SSSR count). The first kappa shape index (κ1) is 13.8. The number of halogens is 1. The van der Waals surface area contributed by atoms with Crippen LogP contribution in [0.4, 0.5) is 5.13 Å². The molecule has 7 nitrogen and oxygen atoms in total. The van der Waals surface area contributed by atoms with Crippen molar-refractivity contribution < 1.29 is 19.5 Å². The normalized spacial score (nSPS) is 18.4. The number of carboxylic acid groups (broad SMARTS) is 1. The van der Waals surface area contributed by atoms with Crippen molar-refractivity contribution in [1.82, 2.24) is 10.3 Å². The molecule has 1 aromatic rings. The van der Waals surface area contributed by atoms with Gasteiger partial charge in [-0.2, -0.15) is 0 Å². The number of rotatable bonds is 2. The van der Waals surface area contributed by atoms with Crippen LogP contribution < -0.4 is 10.2 Å². The lowest BCUT2D eigenvalue weighted by Gasteiger charge is -2.39. The van der Waals surface area contributed by atoms with Crippen LogP contribution in [0.15, 0.2) is 0 Å². The molecule has 2 heterocycles. The number of carbonyl (C=O) groups is 3. The first-order valence-electron chi connectivity index (χ1n) is 5.25. The summed E-state index contributed by atoms with van der Waals surface area (Å²) in [5.74, 6) is -2.13. The van der Waals surface area contributed by atoms with E-state index in [1.165, 1.54) is 4.90 Å². The van der Waals surface area contributed by atoms with Gasteiger partial charge in [0, 0.05) is 0 Å². The van der Waals surface area contributed by atoms with E-state index in [9.17, 15) is 14.4 Å². The molecule has 19 heavy (non-hydrogen) atoms. The Morgan fingerprint density at radius 1 is 1.53 bits per heavy atom. The van der Waals surface area contributed by atoms with E-state index in [2.05, 4.69) is 10.3 Å². The number of carboxylic acids is 1. The number of anilines is 1. The molecule has 2 amide bonds. The van der Waals surface area contributed by atoms with Crippen LogP contribution in [0.25, 0.3) is 0 Å². The lowest BCUT2D eigenvalue weighted by Crippen LogP contribution is -2.64. The molecule has 0 spiro atoms. The Bertz CT molecular complexity index is 583. The number of aromatic nitrogens is 1. The van der Waals surface area contributed by atoms with Crippen LogP contribution in [0, 0.1) is 0 Å². The van der Waals surface area contributed by atoms with Crippen molar-refractivity contribution in [3.8, 4) is 0 Å². The maximum Gasteiger partial charge on any atom is 0.349 e. The Hall–Kier alpha value is -1.67. The van der Waals surface area contributed by atoms with Gasteiger partial charge in [-0.25, -0.2) is 9.78 Å². The second-order valence-electron chi connectivity index (χ2n) is 4.44. The van der Waals surface area contributed by atoms with Crippen molar-refractivity contribution in [2.75, 3.05) is 11.4 Å². The molecule has 0 atom stereocenters. The quantitative estimate of drug-likeness (QED) is 0.782. The van der Waals surface area contributed by atoms with E-state index in [4.69, 9.17) is 16.7 Å². The van der Waals surface area contributed by atoms with Gasteiger partial charge in [0.15, 0.2) is 15.2 Å². The highest BCUT2D eigenvalue weighted by Crippen LogP contribution is 2.34. The zero-order chi connectivity index (χ0) is 14.4. The summed E-state index contributed by atoms with van der Waals surface area (Å²) in [6.07, 6.45) is 0. The molecule has 1 aliphatic rings. The number of nitrogens with zero attached hydrogens (tertiary/aromatic N) is 2. The number of amides is 2. The molecule has 1 aromatic heterocycles. The Morgan fingerprint density at radius 2 is 2.16 bits per heavy atom. The minimum Gasteiger partial charge on any atom is -0.477 e. The zero-order valence-corrected chi connectivity index (χ0v) is 11.6. The van der Waals surface area contributed by atoms with E-state index in [1.54, 1.807) is 13.8 Å². The standard InChI is InChI=1S/C10H10ClN3O4S/c1-10(2)8(18)12-4(15)3-14(10)9-13-6(11)5(19-9)7(16)17/h3H2,1-2H3,(H,16,17)(H,12,15,18). The molecule has 0 radical (unpaired) electrons. The number of carbonyl (C=O) groups excluding carboxylic acids is 2. The van der Waals surface area contributed by atoms with Crippen molar-refractivity contribution in [1.29, 1.82) is 0 Å². The van der Waals surface area contributed by atoms with Crippen LogP contribution in [-0.2, 0) is 9.59 Å². The summed E-state index contributed by atoms with van der Waals surface area (Å²) in [5.41, 5.74) is -1.01. The SMILES string of the molecule is CC1(C)C(=O)NC(=O)CN1c1nc(Cl)c(C(=O)O)s1. The van der Waals surface area contributed by atoms with Crippen molar-refractivity contribution in [3.05, 3.63) is 10.0 Å². The lowest BCUT2D eigenvalue weighted by atomic mass is 10.00. The van der Waals surface area contributed by atoms with Gasteiger partial charge < -0.3 is 10.0 Å². The van der Waals surface area contributed by atoms with Crippen LogP contribution in [0.3, 0.4) is 0 Å². The zero-order valence-electron chi connectivity index (χ0n) is 10.1. The molecule has 0 unspecified atom stereocenters. The number of hydrogen-bond acceptors (Lipinski definition) is 6. The summed E-state index contributed by atoms with van der Waals surface area (Å²) in [4.78, 5) is 39.4. The maximum atomic E-state index is 11.8. The van der Waals surface area contributed by atoms with Crippen LogP contribution in [0.1, 0.15) is 23.5 Å². The van der Waals surface area contributed by atoms with Crippen molar-refractivity contribution >= 4 is 45.9 Å². The first-order chi connectivity index (χ1) is 8.73. The fraction of sp³-hybridized carbons (Fsp3) is 0.400. The highest BCUT2D eigenvalue weighted by molar-refractivity contribution is 7.18. The number of nitrogens with one attached hydrogen (secondary N) is 1. The number of hydrogen-bond donors (Lipinski definition) is 2. The molecule has 1 aliphatic heterocycles. The van der Waals surface area contributed by atoms with Gasteiger partial charge in [-0.15, -0.1) is 0 Å². The van der Waals surface area contributed by atoms with Crippen LogP contribution >= 0.6 is 22.9 Å². The molecule has 0 saturated carbocycles. The molecule has 1 saturated heterocycles. The Morgan fingerprint density at radius 3 is 2.68 bits per heavy atom. The highest BCUT2D eigenvalue weighted by atomic mass is 35.5. The van der Waals surface area contributed by atoms with Gasteiger partial charge in [0.1, 0.15) is 12.1 Å². The van der Waals surface area contributed by atoms with Crippen molar-refractivity contribution in [3.63, 3.8) is 0 Å². The minimum atomic E-state index is -1.20. The summed E-state index contributed by atoms with van der Waals surface area (Å²) in [7, 11) is 0. The summed E-state index contributed by atoms with van der Waals surface area (Å²) in [5, 5.41) is 11.2. The third-order valence-corrected chi connectivity index (χ3v) is 4.24. The number of thiazole rings is 1.